The van der Waals surface area contributed by atoms with Gasteiger partial charge in [0.15, 0.2) is 5.96 Å². The number of nitrogens with one attached hydrogen (secondary N) is 3. The molecule has 0 heterocycles. The van der Waals surface area contributed by atoms with Gasteiger partial charge in [-0.2, -0.15) is 0 Å². The fourth-order valence-electron chi connectivity index (χ4n) is 2.33. The first-order valence-corrected chi connectivity index (χ1v) is 9.07. The van der Waals surface area contributed by atoms with Crippen LogP contribution >= 0.6 is 24.0 Å². The Morgan fingerprint density at radius 2 is 1.75 bits per heavy atom. The molecule has 1 aromatic rings. The Kier molecular flexibility index (Phi) is 11.4. The van der Waals surface area contributed by atoms with Crippen LogP contribution in [0.25, 0.3) is 0 Å². The smallest absolute Gasteiger partial charge is 0.408 e. The van der Waals surface area contributed by atoms with Crippen molar-refractivity contribution in [2.75, 3.05) is 20.7 Å². The van der Waals surface area contributed by atoms with Crippen molar-refractivity contribution in [1.82, 2.24) is 16.0 Å². The van der Waals surface area contributed by atoms with Crippen molar-refractivity contribution in [3.63, 3.8) is 0 Å². The van der Waals surface area contributed by atoms with Crippen LogP contribution in [-0.4, -0.2) is 43.9 Å². The third-order valence-electron chi connectivity index (χ3n) is 3.52. The van der Waals surface area contributed by atoms with Gasteiger partial charge < -0.3 is 25.4 Å². The molecular formula is C20H35IN4O3. The number of benzene rings is 1. The average Bonchev–Trinajstić information content (AvgIpc) is 2.53. The van der Waals surface area contributed by atoms with Gasteiger partial charge in [-0.25, -0.2) is 4.79 Å². The predicted molar refractivity (Wildman–Crippen MR) is 124 cm³/mol. The van der Waals surface area contributed by atoms with Gasteiger partial charge in [0.1, 0.15) is 5.60 Å². The second kappa shape index (κ2) is 12.1. The number of halogens is 1. The number of rotatable bonds is 7. The zero-order chi connectivity index (χ0) is 20.5. The quantitative estimate of drug-likeness (QED) is 0.300. The van der Waals surface area contributed by atoms with Crippen LogP contribution in [0.2, 0.25) is 0 Å². The molecule has 8 heteroatoms. The molecule has 0 aliphatic rings. The molecule has 0 unspecified atom stereocenters. The van der Waals surface area contributed by atoms with Crippen LogP contribution < -0.4 is 16.0 Å². The Hall–Kier alpha value is -1.55. The van der Waals surface area contributed by atoms with Crippen molar-refractivity contribution >= 4 is 36.0 Å². The number of aliphatic imine (C=N–C) groups is 1. The number of amides is 1. The minimum atomic E-state index is -0.525. The average molecular weight is 506 g/mol. The number of carbonyl (C=O) groups excluding carboxylic acids is 1. The van der Waals surface area contributed by atoms with E-state index in [1.54, 1.807) is 14.2 Å². The van der Waals surface area contributed by atoms with E-state index in [0.717, 1.165) is 11.1 Å². The van der Waals surface area contributed by atoms with Gasteiger partial charge in [-0.3, -0.25) is 4.99 Å². The highest BCUT2D eigenvalue weighted by Crippen LogP contribution is 2.09. The van der Waals surface area contributed by atoms with Crippen LogP contribution in [0, 0.1) is 0 Å². The molecule has 1 aromatic carbocycles. The Labute approximate surface area is 186 Å². The third kappa shape index (κ3) is 11.3. The molecule has 0 radical (unpaired) electrons. The van der Waals surface area contributed by atoms with Crippen LogP contribution in [0.4, 0.5) is 4.79 Å². The molecule has 3 N–H and O–H groups in total. The summed E-state index contributed by atoms with van der Waals surface area (Å²) >= 11 is 0. The van der Waals surface area contributed by atoms with E-state index in [2.05, 4.69) is 27.0 Å². The fraction of sp³-hybridized carbons (Fsp3) is 0.600. The molecule has 0 atom stereocenters. The van der Waals surface area contributed by atoms with Gasteiger partial charge in [-0.1, -0.05) is 24.3 Å². The maximum absolute atomic E-state index is 12.0. The van der Waals surface area contributed by atoms with Gasteiger partial charge in [0, 0.05) is 27.2 Å². The number of carbonyl (C=O) groups is 1. The van der Waals surface area contributed by atoms with Crippen molar-refractivity contribution < 1.29 is 14.3 Å². The van der Waals surface area contributed by atoms with E-state index in [1.165, 1.54) is 0 Å². The number of ether oxygens (including phenoxy) is 2. The molecule has 160 valence electrons. The largest absolute Gasteiger partial charge is 0.444 e. The molecule has 1 amide bonds. The molecule has 28 heavy (non-hydrogen) atoms. The monoisotopic (exact) mass is 506 g/mol. The third-order valence-corrected chi connectivity index (χ3v) is 3.52. The molecule has 0 saturated heterocycles. The molecule has 0 spiro atoms. The summed E-state index contributed by atoms with van der Waals surface area (Å²) in [5, 5.41) is 9.37. The van der Waals surface area contributed by atoms with Gasteiger partial charge in [-0.15, -0.1) is 24.0 Å². The van der Waals surface area contributed by atoms with E-state index in [0.29, 0.717) is 25.7 Å². The number of nitrogens with zero attached hydrogens (tertiary/aromatic N) is 1. The summed E-state index contributed by atoms with van der Waals surface area (Å²) in [4.78, 5) is 16.2. The zero-order valence-electron chi connectivity index (χ0n) is 18.0. The Balaban J connectivity index is 0.00000729. The lowest BCUT2D eigenvalue weighted by molar-refractivity contribution is 0.0474. The van der Waals surface area contributed by atoms with Gasteiger partial charge in [0.05, 0.1) is 12.1 Å². The van der Waals surface area contributed by atoms with Gasteiger partial charge >= 0.3 is 6.09 Å². The first kappa shape index (κ1) is 26.4. The molecule has 0 saturated carbocycles. The highest BCUT2D eigenvalue weighted by Gasteiger charge is 2.24. The topological polar surface area (TPSA) is 84.0 Å². The number of hydrogen-bond acceptors (Lipinski definition) is 4. The Bertz CT molecular complexity index is 643. The zero-order valence-corrected chi connectivity index (χ0v) is 20.3. The first-order valence-electron chi connectivity index (χ1n) is 9.07. The lowest BCUT2D eigenvalue weighted by Gasteiger charge is -2.29. The summed E-state index contributed by atoms with van der Waals surface area (Å²) in [6.45, 7) is 11.1. The maximum Gasteiger partial charge on any atom is 0.408 e. The number of alkyl carbamates (subject to hydrolysis) is 1. The van der Waals surface area contributed by atoms with Crippen molar-refractivity contribution in [2.45, 2.75) is 58.9 Å². The van der Waals surface area contributed by atoms with Crippen LogP contribution in [0.5, 0.6) is 0 Å². The van der Waals surface area contributed by atoms with E-state index >= 15 is 0 Å². The summed E-state index contributed by atoms with van der Waals surface area (Å²) in [6.07, 6.45) is -0.438. The lowest BCUT2D eigenvalue weighted by atomic mass is 10.1. The van der Waals surface area contributed by atoms with E-state index in [-0.39, 0.29) is 24.0 Å². The molecule has 1 rings (SSSR count). The summed E-state index contributed by atoms with van der Waals surface area (Å²) in [5.74, 6) is 0.659. The molecule has 0 aliphatic carbocycles. The molecule has 0 aliphatic heterocycles. The highest BCUT2D eigenvalue weighted by atomic mass is 127. The molecule has 7 nitrogen and oxygen atoms in total. The predicted octanol–water partition coefficient (Wildman–Crippen LogP) is 3.42. The molecular weight excluding hydrogens is 471 g/mol. The highest BCUT2D eigenvalue weighted by molar-refractivity contribution is 14.0. The second-order valence-electron chi connectivity index (χ2n) is 8.04. The standard InChI is InChI=1S/C20H34N4O3.HI/c1-19(2,3)27-18(25)24-20(4,5)14-23-17(21-6)22-12-15-9-8-10-16(11-15)13-26-7;/h8-11H,12-14H2,1-7H3,(H,24,25)(H2,21,22,23);1H. The van der Waals surface area contributed by atoms with Crippen LogP contribution in [0.15, 0.2) is 29.3 Å². The van der Waals surface area contributed by atoms with Crippen molar-refractivity contribution in [2.24, 2.45) is 4.99 Å². The Morgan fingerprint density at radius 3 is 2.32 bits per heavy atom. The van der Waals surface area contributed by atoms with Gasteiger partial charge in [-0.05, 0) is 45.7 Å². The van der Waals surface area contributed by atoms with E-state index < -0.39 is 17.2 Å². The summed E-state index contributed by atoms with van der Waals surface area (Å²) in [5.41, 5.74) is 1.24. The summed E-state index contributed by atoms with van der Waals surface area (Å²) < 4.78 is 10.5. The van der Waals surface area contributed by atoms with Crippen molar-refractivity contribution in [1.29, 1.82) is 0 Å². The molecule has 0 fully saturated rings. The fourth-order valence-corrected chi connectivity index (χ4v) is 2.33. The van der Waals surface area contributed by atoms with E-state index in [9.17, 15) is 4.79 Å². The van der Waals surface area contributed by atoms with E-state index in [4.69, 9.17) is 9.47 Å². The minimum Gasteiger partial charge on any atom is -0.444 e. The summed E-state index contributed by atoms with van der Waals surface area (Å²) in [7, 11) is 3.40. The van der Waals surface area contributed by atoms with Crippen molar-refractivity contribution in [3.05, 3.63) is 35.4 Å². The number of methoxy groups -OCH3 is 1. The normalized spacial score (nSPS) is 12.0. The van der Waals surface area contributed by atoms with Gasteiger partial charge in [0.25, 0.3) is 0 Å². The van der Waals surface area contributed by atoms with Crippen LogP contribution in [0.3, 0.4) is 0 Å². The van der Waals surface area contributed by atoms with Gasteiger partial charge in [0.2, 0.25) is 0 Å². The van der Waals surface area contributed by atoms with Crippen LogP contribution in [0.1, 0.15) is 45.7 Å². The number of hydrogen-bond donors (Lipinski definition) is 3. The van der Waals surface area contributed by atoms with Crippen LogP contribution in [-0.2, 0) is 22.6 Å². The van der Waals surface area contributed by atoms with E-state index in [1.807, 2.05) is 52.8 Å². The van der Waals surface area contributed by atoms with Crippen molar-refractivity contribution in [3.8, 4) is 0 Å². The minimum absolute atomic E-state index is 0. The lowest BCUT2D eigenvalue weighted by Crippen LogP contribution is -2.54. The maximum atomic E-state index is 12.0. The Morgan fingerprint density at radius 1 is 1.11 bits per heavy atom. The number of guanidine groups is 1. The molecule has 0 aromatic heterocycles. The molecule has 0 bridgehead atoms. The second-order valence-corrected chi connectivity index (χ2v) is 8.04. The first-order chi connectivity index (χ1) is 12.5. The summed E-state index contributed by atoms with van der Waals surface area (Å²) in [6, 6.07) is 8.19. The SMILES string of the molecule is CN=C(NCc1cccc(COC)c1)NCC(C)(C)NC(=O)OC(C)(C)C.I.